The van der Waals surface area contributed by atoms with Gasteiger partial charge in [0.25, 0.3) is 0 Å². The van der Waals surface area contributed by atoms with Gasteiger partial charge in [-0.05, 0) is 29.4 Å². The van der Waals surface area contributed by atoms with Gasteiger partial charge >= 0.3 is 0 Å². The fourth-order valence-corrected chi connectivity index (χ4v) is 5.50. The van der Waals surface area contributed by atoms with Gasteiger partial charge < -0.3 is 24.6 Å². The summed E-state index contributed by atoms with van der Waals surface area (Å²) in [4.78, 5) is 15.4. The molecule has 10 heteroatoms. The lowest BCUT2D eigenvalue weighted by molar-refractivity contribution is -0.134. The largest absolute Gasteiger partial charge is 0.507 e. The molecular weight excluding hydrogens is 484 g/mol. The molecule has 2 aromatic carbocycles. The monoisotopic (exact) mass is 520 g/mol. The summed E-state index contributed by atoms with van der Waals surface area (Å²) in [5, 5.41) is 21.2. The average Bonchev–Trinajstić information content (AvgIpc) is 2.80. The lowest BCUT2D eigenvalue weighted by atomic mass is 9.85. The second kappa shape index (κ2) is 11.5. The predicted octanol–water partition coefficient (Wildman–Crippen LogP) is 2.98. The molecule has 1 aliphatic heterocycles. The van der Waals surface area contributed by atoms with Crippen molar-refractivity contribution in [1.29, 1.82) is 0 Å². The van der Waals surface area contributed by atoms with E-state index < -0.39 is 22.2 Å². The van der Waals surface area contributed by atoms with E-state index in [1.807, 2.05) is 4.90 Å². The highest BCUT2D eigenvalue weighted by Gasteiger charge is 2.31. The first-order valence-electron chi connectivity index (χ1n) is 11.9. The molecule has 1 fully saturated rings. The minimum Gasteiger partial charge on any atom is -0.507 e. The lowest BCUT2D eigenvalue weighted by Gasteiger charge is -2.36. The third-order valence-electron chi connectivity index (χ3n) is 6.48. The minimum atomic E-state index is -3.61. The summed E-state index contributed by atoms with van der Waals surface area (Å²) in [5.74, 6) is 0.965. The third kappa shape index (κ3) is 6.89. The Morgan fingerprint density at radius 3 is 2.19 bits per heavy atom. The van der Waals surface area contributed by atoms with Gasteiger partial charge in [-0.25, -0.2) is 8.42 Å². The predicted molar refractivity (Wildman–Crippen MR) is 137 cm³/mol. The summed E-state index contributed by atoms with van der Waals surface area (Å²) in [6, 6.07) is 9.75. The number of hydrogen-bond acceptors (Lipinski definition) is 7. The summed E-state index contributed by atoms with van der Waals surface area (Å²) < 4.78 is 35.9. The molecule has 0 aliphatic carbocycles. The molecule has 4 atom stereocenters. The quantitative estimate of drug-likeness (QED) is 0.434. The number of nitrogens with zero attached hydrogens (tertiary/aromatic N) is 1. The molecule has 1 heterocycles. The van der Waals surface area contributed by atoms with Gasteiger partial charge in [-0.1, -0.05) is 38.1 Å². The number of hydrogen-bond donors (Lipinski definition) is 3. The van der Waals surface area contributed by atoms with Crippen molar-refractivity contribution < 1.29 is 32.9 Å². The first-order chi connectivity index (χ1) is 16.9. The molecule has 3 N–H and O–H groups in total. The number of phenols is 1. The fourth-order valence-electron chi connectivity index (χ4n) is 4.96. The van der Waals surface area contributed by atoms with Crippen LogP contribution in [0.2, 0.25) is 0 Å². The number of carbonyl (C=O) groups is 1. The van der Waals surface area contributed by atoms with E-state index in [0.717, 1.165) is 12.7 Å². The Morgan fingerprint density at radius 1 is 1.08 bits per heavy atom. The molecule has 0 bridgehead atoms. The van der Waals surface area contributed by atoms with Crippen LogP contribution >= 0.6 is 0 Å². The molecule has 198 valence electrons. The maximum absolute atomic E-state index is 13.5. The number of likely N-dealkylation sites (tertiary alicyclic amines) is 1. The maximum Gasteiger partial charge on any atom is 0.223 e. The molecule has 1 aliphatic rings. The van der Waals surface area contributed by atoms with E-state index in [1.165, 1.54) is 20.3 Å². The Balaban J connectivity index is 2.00. The smallest absolute Gasteiger partial charge is 0.223 e. The van der Waals surface area contributed by atoms with Crippen molar-refractivity contribution in [2.24, 2.45) is 11.8 Å². The van der Waals surface area contributed by atoms with E-state index in [-0.39, 0.29) is 18.1 Å². The summed E-state index contributed by atoms with van der Waals surface area (Å²) in [6.07, 6.45) is 0.729. The number of amides is 1. The van der Waals surface area contributed by atoms with Crippen LogP contribution in [0.5, 0.6) is 17.2 Å². The van der Waals surface area contributed by atoms with Gasteiger partial charge in [0.2, 0.25) is 15.9 Å². The number of benzene rings is 2. The number of rotatable bonds is 9. The van der Waals surface area contributed by atoms with Crippen LogP contribution in [-0.2, 0) is 14.8 Å². The van der Waals surface area contributed by atoms with E-state index in [0.29, 0.717) is 53.1 Å². The number of aliphatic hydroxyl groups excluding tert-OH is 1. The SMILES string of the molecule is COc1cc(O)c(C(CC(=O)N2C[C@H](C)C[C@H](C)C2)c2ccc(C(O)NS(C)(=O)=O)cc2)c(OC)c1. The van der Waals surface area contributed by atoms with Gasteiger partial charge in [0.1, 0.15) is 23.5 Å². The number of piperidine rings is 1. The number of phenolic OH excluding ortho intramolecular Hbond substituents is 1. The van der Waals surface area contributed by atoms with Gasteiger partial charge in [0.15, 0.2) is 0 Å². The average molecular weight is 521 g/mol. The van der Waals surface area contributed by atoms with Gasteiger partial charge in [-0.3, -0.25) is 4.79 Å². The van der Waals surface area contributed by atoms with Crippen molar-refractivity contribution in [1.82, 2.24) is 9.62 Å². The minimum absolute atomic E-state index is 0.0291. The van der Waals surface area contributed by atoms with Crippen LogP contribution in [0, 0.1) is 11.8 Å². The second-order valence-electron chi connectivity index (χ2n) is 9.72. The Bertz CT molecular complexity index is 1160. The summed E-state index contributed by atoms with van der Waals surface area (Å²) >= 11 is 0. The molecule has 0 saturated carbocycles. The van der Waals surface area contributed by atoms with Gasteiger partial charge in [0, 0.05) is 43.1 Å². The third-order valence-corrected chi connectivity index (χ3v) is 7.13. The number of nitrogens with one attached hydrogen (secondary N) is 1. The van der Waals surface area contributed by atoms with Crippen LogP contribution in [0.15, 0.2) is 36.4 Å². The molecule has 1 saturated heterocycles. The molecule has 0 radical (unpaired) electrons. The zero-order valence-corrected chi connectivity index (χ0v) is 22.2. The van der Waals surface area contributed by atoms with Gasteiger partial charge in [0.05, 0.1) is 20.5 Å². The van der Waals surface area contributed by atoms with Crippen molar-refractivity contribution in [2.75, 3.05) is 33.6 Å². The Labute approximate surface area is 213 Å². The van der Waals surface area contributed by atoms with Crippen molar-refractivity contribution in [2.45, 2.75) is 38.8 Å². The normalized spacial score (nSPS) is 20.0. The summed E-state index contributed by atoms with van der Waals surface area (Å²) in [5.41, 5.74) is 1.50. The summed E-state index contributed by atoms with van der Waals surface area (Å²) in [6.45, 7) is 5.65. The molecule has 1 amide bonds. The standard InChI is InChI=1S/C26H36N2O7S/c1-16-10-17(2)15-28(14-16)24(30)13-21(25-22(29)11-20(34-3)12-23(25)35-4)18-6-8-19(9-7-18)26(31)27-36(5,32)33/h6-9,11-12,16-17,21,26-27,29,31H,10,13-15H2,1-5H3/t16-,17+,21?,26?. The summed E-state index contributed by atoms with van der Waals surface area (Å²) in [7, 11) is -0.636. The van der Waals surface area contributed by atoms with Crippen LogP contribution in [-0.4, -0.2) is 63.0 Å². The molecular formula is C26H36N2O7S. The van der Waals surface area contributed by atoms with Crippen molar-refractivity contribution >= 4 is 15.9 Å². The van der Waals surface area contributed by atoms with Crippen molar-refractivity contribution in [3.8, 4) is 17.2 Å². The molecule has 2 unspecified atom stereocenters. The first kappa shape index (κ1) is 27.8. The molecule has 2 aromatic rings. The number of sulfonamides is 1. The highest BCUT2D eigenvalue weighted by atomic mass is 32.2. The number of carbonyl (C=O) groups excluding carboxylic acids is 1. The van der Waals surface area contributed by atoms with Crippen molar-refractivity contribution in [3.63, 3.8) is 0 Å². The zero-order chi connectivity index (χ0) is 26.6. The topological polar surface area (TPSA) is 125 Å². The van der Waals surface area contributed by atoms with E-state index in [1.54, 1.807) is 30.3 Å². The first-order valence-corrected chi connectivity index (χ1v) is 13.8. The van der Waals surface area contributed by atoms with Crippen LogP contribution in [0.25, 0.3) is 0 Å². The van der Waals surface area contributed by atoms with E-state index >= 15 is 0 Å². The Morgan fingerprint density at radius 2 is 1.67 bits per heavy atom. The molecule has 0 aromatic heterocycles. The number of aromatic hydroxyl groups is 1. The molecule has 36 heavy (non-hydrogen) atoms. The van der Waals surface area contributed by atoms with E-state index in [2.05, 4.69) is 18.6 Å². The fraction of sp³-hybridized carbons (Fsp3) is 0.500. The maximum atomic E-state index is 13.5. The van der Waals surface area contributed by atoms with E-state index in [9.17, 15) is 23.4 Å². The number of ether oxygens (including phenoxy) is 2. The van der Waals surface area contributed by atoms with Crippen LogP contribution in [0.1, 0.15) is 55.5 Å². The van der Waals surface area contributed by atoms with E-state index in [4.69, 9.17) is 9.47 Å². The Kier molecular flexibility index (Phi) is 8.86. The molecule has 3 rings (SSSR count). The Hall–Kier alpha value is -2.82. The number of aliphatic hydroxyl groups is 1. The zero-order valence-electron chi connectivity index (χ0n) is 21.4. The van der Waals surface area contributed by atoms with Crippen LogP contribution < -0.4 is 14.2 Å². The molecule has 9 nitrogen and oxygen atoms in total. The van der Waals surface area contributed by atoms with Crippen LogP contribution in [0.3, 0.4) is 0 Å². The lowest BCUT2D eigenvalue weighted by Crippen LogP contribution is -2.43. The highest BCUT2D eigenvalue weighted by molar-refractivity contribution is 7.88. The van der Waals surface area contributed by atoms with Crippen molar-refractivity contribution in [3.05, 3.63) is 53.1 Å². The van der Waals surface area contributed by atoms with Gasteiger partial charge in [-0.15, -0.1) is 0 Å². The second-order valence-corrected chi connectivity index (χ2v) is 11.5. The number of methoxy groups -OCH3 is 2. The van der Waals surface area contributed by atoms with Gasteiger partial charge in [-0.2, -0.15) is 4.72 Å². The van der Waals surface area contributed by atoms with Crippen LogP contribution in [0.4, 0.5) is 0 Å². The highest BCUT2D eigenvalue weighted by Crippen LogP contribution is 2.43. The molecule has 0 spiro atoms.